The molecule has 0 saturated heterocycles. The molecule has 0 aliphatic heterocycles. The van der Waals surface area contributed by atoms with Gasteiger partial charge in [0.15, 0.2) is 0 Å². The number of aromatic nitrogens is 3. The van der Waals surface area contributed by atoms with Gasteiger partial charge in [0, 0.05) is 16.4 Å². The molecule has 30 heavy (non-hydrogen) atoms. The minimum Gasteiger partial charge on any atom is -0.219 e. The number of aryl methyl sites for hydroxylation is 2. The Balaban J connectivity index is 1.72. The predicted molar refractivity (Wildman–Crippen MR) is 121 cm³/mol. The van der Waals surface area contributed by atoms with Crippen molar-refractivity contribution >= 4 is 11.8 Å². The molecule has 3 nitrogen and oxygen atoms in total. The van der Waals surface area contributed by atoms with Gasteiger partial charge in [-0.2, -0.15) is 0 Å². The normalized spacial score (nSPS) is 12.0. The van der Waals surface area contributed by atoms with Crippen LogP contribution < -0.4 is 0 Å². The molecule has 4 aromatic rings. The Morgan fingerprint density at radius 1 is 0.700 bits per heavy atom. The summed E-state index contributed by atoms with van der Waals surface area (Å²) in [5.74, 6) is -0.238. The molecule has 3 aromatic carbocycles. The summed E-state index contributed by atoms with van der Waals surface area (Å²) < 4.78 is 13.2. The predicted octanol–water partition coefficient (Wildman–Crippen LogP) is 6.81. The lowest BCUT2D eigenvalue weighted by atomic mass is 10.0. The van der Waals surface area contributed by atoms with Gasteiger partial charge in [-0.1, -0.05) is 83.6 Å². The molecular weight excluding hydrogens is 393 g/mol. The lowest BCUT2D eigenvalue weighted by Gasteiger charge is -2.13. The zero-order valence-electron chi connectivity index (χ0n) is 17.1. The van der Waals surface area contributed by atoms with Crippen molar-refractivity contribution in [3.05, 3.63) is 95.3 Å². The smallest absolute Gasteiger partial charge is 0.210 e. The molecule has 4 rings (SSSR count). The largest absolute Gasteiger partial charge is 0.219 e. The van der Waals surface area contributed by atoms with Gasteiger partial charge in [-0.05, 0) is 38.5 Å². The van der Waals surface area contributed by atoms with Crippen LogP contribution in [0.5, 0.6) is 0 Å². The summed E-state index contributed by atoms with van der Waals surface area (Å²) in [6, 6.07) is 23.0. The van der Waals surface area contributed by atoms with Crippen LogP contribution in [-0.2, 0) is 0 Å². The van der Waals surface area contributed by atoms with E-state index in [0.717, 1.165) is 28.1 Å². The van der Waals surface area contributed by atoms with Crippen LogP contribution >= 0.6 is 11.8 Å². The first-order valence-corrected chi connectivity index (χ1v) is 10.7. The van der Waals surface area contributed by atoms with Crippen molar-refractivity contribution in [1.82, 2.24) is 15.2 Å². The minimum atomic E-state index is -0.238. The molecule has 150 valence electrons. The fourth-order valence-electron chi connectivity index (χ4n) is 3.14. The monoisotopic (exact) mass is 415 g/mol. The number of halogens is 1. The Morgan fingerprint density at radius 2 is 1.23 bits per heavy atom. The maximum absolute atomic E-state index is 13.2. The topological polar surface area (TPSA) is 38.7 Å². The molecule has 0 fully saturated rings. The molecule has 0 spiro atoms. The molecule has 1 atom stereocenters. The Kier molecular flexibility index (Phi) is 5.91. The van der Waals surface area contributed by atoms with Gasteiger partial charge < -0.3 is 0 Å². The van der Waals surface area contributed by atoms with Gasteiger partial charge in [-0.15, -0.1) is 10.2 Å². The standard InChI is InChI=1S/C25H22FN3S/c1-16-4-8-20(9-5-16)23-24(21-10-6-17(2)7-11-21)28-29-25(27-23)30-18(3)19-12-14-22(26)15-13-19/h4-15,18H,1-3H3/t18-/m1/s1. The summed E-state index contributed by atoms with van der Waals surface area (Å²) in [7, 11) is 0. The molecule has 0 aliphatic rings. The van der Waals surface area contributed by atoms with Crippen LogP contribution in [0.1, 0.15) is 28.9 Å². The van der Waals surface area contributed by atoms with Crippen LogP contribution in [0.4, 0.5) is 4.39 Å². The molecule has 0 unspecified atom stereocenters. The lowest BCUT2D eigenvalue weighted by molar-refractivity contribution is 0.627. The van der Waals surface area contributed by atoms with Gasteiger partial charge in [0.25, 0.3) is 0 Å². The fourth-order valence-corrected chi connectivity index (χ4v) is 3.98. The maximum Gasteiger partial charge on any atom is 0.210 e. The molecule has 0 amide bonds. The quantitative estimate of drug-likeness (QED) is 0.335. The highest BCUT2D eigenvalue weighted by Gasteiger charge is 2.16. The van der Waals surface area contributed by atoms with Crippen LogP contribution in [0.25, 0.3) is 22.5 Å². The molecule has 0 radical (unpaired) electrons. The van der Waals surface area contributed by atoms with E-state index in [4.69, 9.17) is 4.98 Å². The first-order chi connectivity index (χ1) is 14.5. The molecule has 5 heteroatoms. The van der Waals surface area contributed by atoms with Gasteiger partial charge in [-0.25, -0.2) is 9.37 Å². The third kappa shape index (κ3) is 4.57. The SMILES string of the molecule is Cc1ccc(-c2nnc(S[C@H](C)c3ccc(F)cc3)nc2-c2ccc(C)cc2)cc1. The molecule has 0 bridgehead atoms. The zero-order valence-corrected chi connectivity index (χ0v) is 17.9. The second kappa shape index (κ2) is 8.76. The number of thioether (sulfide) groups is 1. The van der Waals surface area contributed by atoms with Crippen LogP contribution in [0.15, 0.2) is 78.0 Å². The summed E-state index contributed by atoms with van der Waals surface area (Å²) in [5.41, 5.74) is 6.96. The van der Waals surface area contributed by atoms with Crippen molar-refractivity contribution in [2.45, 2.75) is 31.2 Å². The second-order valence-corrected chi connectivity index (χ2v) is 8.64. The average Bonchev–Trinajstić information content (AvgIpc) is 2.75. The summed E-state index contributed by atoms with van der Waals surface area (Å²) >= 11 is 1.51. The number of hydrogen-bond acceptors (Lipinski definition) is 4. The van der Waals surface area contributed by atoms with E-state index in [2.05, 4.69) is 67.4 Å². The first kappa shape index (κ1) is 20.2. The van der Waals surface area contributed by atoms with Crippen molar-refractivity contribution in [3.8, 4) is 22.5 Å². The molecule has 0 N–H and O–H groups in total. The van der Waals surface area contributed by atoms with Gasteiger partial charge >= 0.3 is 0 Å². The van der Waals surface area contributed by atoms with Crippen LogP contribution in [0.2, 0.25) is 0 Å². The van der Waals surface area contributed by atoms with E-state index in [1.807, 2.05) is 12.1 Å². The van der Waals surface area contributed by atoms with Crippen LogP contribution in [0.3, 0.4) is 0 Å². The Labute approximate surface area is 180 Å². The van der Waals surface area contributed by atoms with Crippen LogP contribution in [0, 0.1) is 19.7 Å². The highest BCUT2D eigenvalue weighted by molar-refractivity contribution is 7.99. The van der Waals surface area contributed by atoms with Gasteiger partial charge in [0.1, 0.15) is 17.2 Å². The highest BCUT2D eigenvalue weighted by atomic mass is 32.2. The van der Waals surface area contributed by atoms with Crippen molar-refractivity contribution in [2.24, 2.45) is 0 Å². The summed E-state index contributed by atoms with van der Waals surface area (Å²) in [5, 5.41) is 9.61. The summed E-state index contributed by atoms with van der Waals surface area (Å²) in [6.45, 7) is 6.18. The number of benzene rings is 3. The van der Waals surface area contributed by atoms with E-state index in [0.29, 0.717) is 5.16 Å². The van der Waals surface area contributed by atoms with Crippen molar-refractivity contribution in [1.29, 1.82) is 0 Å². The van der Waals surface area contributed by atoms with Gasteiger partial charge in [-0.3, -0.25) is 0 Å². The highest BCUT2D eigenvalue weighted by Crippen LogP contribution is 2.35. The van der Waals surface area contributed by atoms with E-state index in [1.54, 1.807) is 12.1 Å². The number of nitrogens with zero attached hydrogens (tertiary/aromatic N) is 3. The number of rotatable bonds is 5. The molecule has 1 aromatic heterocycles. The summed E-state index contributed by atoms with van der Waals surface area (Å²) in [6.07, 6.45) is 0. The van der Waals surface area contributed by atoms with E-state index in [-0.39, 0.29) is 11.1 Å². The zero-order chi connectivity index (χ0) is 21.1. The average molecular weight is 416 g/mol. The van der Waals surface area contributed by atoms with E-state index in [9.17, 15) is 4.39 Å². The molecule has 1 heterocycles. The van der Waals surface area contributed by atoms with E-state index >= 15 is 0 Å². The second-order valence-electron chi connectivity index (χ2n) is 7.34. The molecule has 0 aliphatic carbocycles. The van der Waals surface area contributed by atoms with Gasteiger partial charge in [0.2, 0.25) is 5.16 Å². The molecular formula is C25H22FN3S. The summed E-state index contributed by atoms with van der Waals surface area (Å²) in [4.78, 5) is 4.87. The minimum absolute atomic E-state index is 0.0727. The van der Waals surface area contributed by atoms with Gasteiger partial charge in [0.05, 0.1) is 0 Å². The van der Waals surface area contributed by atoms with E-state index in [1.165, 1.54) is 35.0 Å². The Hall–Kier alpha value is -3.05. The van der Waals surface area contributed by atoms with Crippen molar-refractivity contribution in [3.63, 3.8) is 0 Å². The maximum atomic E-state index is 13.2. The third-order valence-electron chi connectivity index (χ3n) is 4.94. The molecule has 0 saturated carbocycles. The van der Waals surface area contributed by atoms with Crippen LogP contribution in [-0.4, -0.2) is 15.2 Å². The van der Waals surface area contributed by atoms with E-state index < -0.39 is 0 Å². The Bertz CT molecular complexity index is 1140. The van der Waals surface area contributed by atoms with Crippen molar-refractivity contribution in [2.75, 3.05) is 0 Å². The lowest BCUT2D eigenvalue weighted by Crippen LogP contribution is -2.00. The number of hydrogen-bond donors (Lipinski definition) is 0. The fraction of sp³-hybridized carbons (Fsp3) is 0.160. The Morgan fingerprint density at radius 3 is 1.80 bits per heavy atom. The van der Waals surface area contributed by atoms with Crippen molar-refractivity contribution < 1.29 is 4.39 Å². The first-order valence-electron chi connectivity index (χ1n) is 9.80. The third-order valence-corrected chi connectivity index (χ3v) is 5.95.